The minimum atomic E-state index is -0.771. The number of carbonyl (C=O) groups excluding carboxylic acids is 1. The van der Waals surface area contributed by atoms with Crippen LogP contribution >= 0.6 is 11.6 Å². The largest absolute Gasteiger partial charge is 0.370 e. The minimum Gasteiger partial charge on any atom is -0.370 e. The van der Waals surface area contributed by atoms with Gasteiger partial charge in [0.25, 0.3) is 5.56 Å². The lowest BCUT2D eigenvalue weighted by Gasteiger charge is -2.41. The number of aryl methyl sites for hydroxylation is 2. The predicted octanol–water partition coefficient (Wildman–Crippen LogP) is 3.46. The fourth-order valence-electron chi connectivity index (χ4n) is 4.75. The number of ether oxygens (including phenoxy) is 1. The fraction of sp³-hybridized carbons (Fsp3) is 0.577. The van der Waals surface area contributed by atoms with Gasteiger partial charge in [-0.05, 0) is 45.8 Å². The fourth-order valence-corrected chi connectivity index (χ4v) is 5.02. The van der Waals surface area contributed by atoms with E-state index in [1.165, 1.54) is 0 Å². The van der Waals surface area contributed by atoms with Crippen LogP contribution in [0.1, 0.15) is 57.4 Å². The van der Waals surface area contributed by atoms with E-state index in [1.54, 1.807) is 23.4 Å². The summed E-state index contributed by atoms with van der Waals surface area (Å²) in [6.07, 6.45) is 1.10. The molecule has 1 saturated heterocycles. The third-order valence-corrected chi connectivity index (χ3v) is 7.13. The number of amides is 1. The number of rotatable bonds is 6. The highest BCUT2D eigenvalue weighted by molar-refractivity contribution is 6.34. The van der Waals surface area contributed by atoms with Crippen molar-refractivity contribution in [1.29, 1.82) is 0 Å². The summed E-state index contributed by atoms with van der Waals surface area (Å²) in [4.78, 5) is 34.1. The summed E-state index contributed by atoms with van der Waals surface area (Å²) in [6, 6.07) is 1.83. The topological polar surface area (TPSA) is 67.7 Å². The molecule has 0 radical (unpaired) electrons. The van der Waals surface area contributed by atoms with Gasteiger partial charge in [0, 0.05) is 39.1 Å². The van der Waals surface area contributed by atoms with Crippen LogP contribution in [-0.2, 0) is 22.2 Å². The number of aromatic nitrogens is 2. The molecule has 1 aliphatic heterocycles. The quantitative estimate of drug-likeness (QED) is 0.462. The van der Waals surface area contributed by atoms with E-state index in [0.29, 0.717) is 66.4 Å². The molecule has 0 aromatic carbocycles. The summed E-state index contributed by atoms with van der Waals surface area (Å²) in [7, 11) is 1.75. The zero-order valence-electron chi connectivity index (χ0n) is 21.1. The average Bonchev–Trinajstić information content (AvgIpc) is 2.81. The number of halogens is 1. The van der Waals surface area contributed by atoms with Gasteiger partial charge in [-0.3, -0.25) is 14.5 Å². The van der Waals surface area contributed by atoms with Gasteiger partial charge in [-0.15, -0.1) is 0 Å². The predicted molar refractivity (Wildman–Crippen MR) is 136 cm³/mol. The Labute approximate surface area is 207 Å². The summed E-state index contributed by atoms with van der Waals surface area (Å²) in [5.74, 6) is 6.53. The number of hydrogen-bond donors (Lipinski definition) is 0. The smallest absolute Gasteiger partial charge is 0.256 e. The van der Waals surface area contributed by atoms with Crippen molar-refractivity contribution in [3.63, 3.8) is 0 Å². The molecular formula is C26H35ClN4O3. The normalized spacial score (nSPS) is 15.5. The van der Waals surface area contributed by atoms with E-state index in [1.807, 2.05) is 19.9 Å². The highest BCUT2D eigenvalue weighted by Gasteiger charge is 2.40. The third-order valence-electron chi connectivity index (χ3n) is 6.84. The Kier molecular flexibility index (Phi) is 8.40. The summed E-state index contributed by atoms with van der Waals surface area (Å²) in [5, 5.41) is 1.02. The van der Waals surface area contributed by atoms with E-state index in [2.05, 4.69) is 35.6 Å². The zero-order chi connectivity index (χ0) is 25.0. The SMILES string of the molecule is CCOC1(c2cc3c(Cl)nc(C)c(C#CCN(CC)CC)c3n(C)c2=O)CCN(C(C)=O)CC1. The molecule has 0 saturated carbocycles. The number of piperidine rings is 1. The van der Waals surface area contributed by atoms with Gasteiger partial charge < -0.3 is 14.2 Å². The Hall–Kier alpha value is -2.40. The van der Waals surface area contributed by atoms with Crippen molar-refractivity contribution in [3.8, 4) is 11.8 Å². The van der Waals surface area contributed by atoms with Crippen molar-refractivity contribution < 1.29 is 9.53 Å². The Morgan fingerprint density at radius 1 is 1.26 bits per heavy atom. The first-order valence-electron chi connectivity index (χ1n) is 12.0. The van der Waals surface area contributed by atoms with Crippen molar-refractivity contribution >= 4 is 28.4 Å². The number of carbonyl (C=O) groups is 1. The first-order chi connectivity index (χ1) is 16.2. The number of fused-ring (bicyclic) bond motifs is 1. The van der Waals surface area contributed by atoms with Gasteiger partial charge in [0.1, 0.15) is 10.8 Å². The van der Waals surface area contributed by atoms with Crippen molar-refractivity contribution in [2.45, 2.75) is 53.1 Å². The van der Waals surface area contributed by atoms with E-state index in [-0.39, 0.29) is 11.5 Å². The first-order valence-corrected chi connectivity index (χ1v) is 12.4. The van der Waals surface area contributed by atoms with Gasteiger partial charge >= 0.3 is 0 Å². The first kappa shape index (κ1) is 26.2. The van der Waals surface area contributed by atoms with Crippen LogP contribution in [0.5, 0.6) is 0 Å². The van der Waals surface area contributed by atoms with Crippen molar-refractivity contribution in [2.24, 2.45) is 7.05 Å². The lowest BCUT2D eigenvalue weighted by atomic mass is 9.84. The van der Waals surface area contributed by atoms with Gasteiger partial charge in [-0.1, -0.05) is 37.3 Å². The molecule has 184 valence electrons. The Morgan fingerprint density at radius 2 is 1.91 bits per heavy atom. The molecule has 3 heterocycles. The van der Waals surface area contributed by atoms with Crippen LogP contribution in [0, 0.1) is 18.8 Å². The maximum absolute atomic E-state index is 13.7. The van der Waals surface area contributed by atoms with E-state index < -0.39 is 5.60 Å². The number of likely N-dealkylation sites (tertiary alicyclic amines) is 1. The molecule has 0 N–H and O–H groups in total. The summed E-state index contributed by atoms with van der Waals surface area (Å²) in [5.41, 5.74) is 1.75. The van der Waals surface area contributed by atoms with E-state index in [9.17, 15) is 9.59 Å². The second-order valence-corrected chi connectivity index (χ2v) is 9.10. The lowest BCUT2D eigenvalue weighted by molar-refractivity contribution is -0.136. The Morgan fingerprint density at radius 3 is 2.47 bits per heavy atom. The standard InChI is InChI=1S/C26H35ClN4O3/c1-7-30(8-2)14-10-11-20-18(4)28-24(27)21-17-22(25(33)29(6)23(20)21)26(34-9-3)12-15-31(16-13-26)19(5)32/h17H,7-9,12-16H2,1-6H3. The molecule has 34 heavy (non-hydrogen) atoms. The molecule has 2 aromatic heterocycles. The van der Waals surface area contributed by atoms with Crippen molar-refractivity contribution in [1.82, 2.24) is 19.4 Å². The van der Waals surface area contributed by atoms with Crippen LogP contribution in [-0.4, -0.2) is 64.6 Å². The molecular weight excluding hydrogens is 452 g/mol. The molecule has 2 aromatic rings. The molecule has 3 rings (SSSR count). The molecule has 1 aliphatic rings. The number of pyridine rings is 2. The van der Waals surface area contributed by atoms with Gasteiger partial charge in [0.05, 0.1) is 28.9 Å². The molecule has 0 aliphatic carbocycles. The van der Waals surface area contributed by atoms with Gasteiger partial charge in [0.15, 0.2) is 0 Å². The Bertz CT molecular complexity index is 1180. The van der Waals surface area contributed by atoms with E-state index in [0.717, 1.165) is 18.7 Å². The molecule has 0 bridgehead atoms. The van der Waals surface area contributed by atoms with Gasteiger partial charge in [0.2, 0.25) is 5.91 Å². The Balaban J connectivity index is 2.17. The molecule has 0 atom stereocenters. The van der Waals surface area contributed by atoms with Gasteiger partial charge in [-0.25, -0.2) is 4.98 Å². The van der Waals surface area contributed by atoms with Crippen LogP contribution in [0.2, 0.25) is 5.15 Å². The lowest BCUT2D eigenvalue weighted by Crippen LogP contribution is -2.48. The van der Waals surface area contributed by atoms with Crippen LogP contribution in [0.4, 0.5) is 0 Å². The molecule has 1 amide bonds. The third kappa shape index (κ3) is 5.00. The maximum atomic E-state index is 13.7. The molecule has 0 spiro atoms. The second-order valence-electron chi connectivity index (χ2n) is 8.74. The van der Waals surface area contributed by atoms with Gasteiger partial charge in [-0.2, -0.15) is 0 Å². The summed E-state index contributed by atoms with van der Waals surface area (Å²) in [6.45, 7) is 13.6. The van der Waals surface area contributed by atoms with Crippen molar-refractivity contribution in [2.75, 3.05) is 39.3 Å². The maximum Gasteiger partial charge on any atom is 0.256 e. The average molecular weight is 487 g/mol. The monoisotopic (exact) mass is 486 g/mol. The molecule has 0 unspecified atom stereocenters. The zero-order valence-corrected chi connectivity index (χ0v) is 21.9. The number of hydrogen-bond acceptors (Lipinski definition) is 5. The molecule has 7 nitrogen and oxygen atoms in total. The van der Waals surface area contributed by atoms with Crippen molar-refractivity contribution in [3.05, 3.63) is 38.4 Å². The van der Waals surface area contributed by atoms with E-state index in [4.69, 9.17) is 16.3 Å². The van der Waals surface area contributed by atoms with E-state index >= 15 is 0 Å². The summed E-state index contributed by atoms with van der Waals surface area (Å²) >= 11 is 6.61. The summed E-state index contributed by atoms with van der Waals surface area (Å²) < 4.78 is 7.86. The molecule has 8 heteroatoms. The minimum absolute atomic E-state index is 0.0344. The van der Waals surface area contributed by atoms with Crippen LogP contribution in [0.15, 0.2) is 10.9 Å². The number of nitrogens with zero attached hydrogens (tertiary/aromatic N) is 4. The van der Waals surface area contributed by atoms with Crippen LogP contribution in [0.25, 0.3) is 10.9 Å². The highest BCUT2D eigenvalue weighted by atomic mass is 35.5. The van der Waals surface area contributed by atoms with Crippen LogP contribution in [0.3, 0.4) is 0 Å². The molecule has 1 fully saturated rings. The van der Waals surface area contributed by atoms with Crippen LogP contribution < -0.4 is 5.56 Å². The highest BCUT2D eigenvalue weighted by Crippen LogP contribution is 2.37. The second kappa shape index (κ2) is 10.9.